The quantitative estimate of drug-likeness (QED) is 0.389. The number of rotatable bonds is 6. The lowest BCUT2D eigenvalue weighted by Gasteiger charge is -2.21. The maximum absolute atomic E-state index is 5.72. The zero-order chi connectivity index (χ0) is 18.4. The lowest BCUT2D eigenvalue weighted by molar-refractivity contribution is 0.336. The fourth-order valence-corrected chi connectivity index (χ4v) is 3.39. The van der Waals surface area contributed by atoms with Gasteiger partial charge >= 0.3 is 0 Å². The molecule has 1 unspecified atom stereocenters. The van der Waals surface area contributed by atoms with Crippen LogP contribution in [0.3, 0.4) is 0 Å². The molecule has 6 nitrogen and oxygen atoms in total. The van der Waals surface area contributed by atoms with E-state index in [9.17, 15) is 0 Å². The van der Waals surface area contributed by atoms with Crippen LogP contribution in [0.15, 0.2) is 41.7 Å². The van der Waals surface area contributed by atoms with Crippen LogP contribution in [0, 0.1) is 0 Å². The smallest absolute Gasteiger partial charge is 0.194 e. The molecular formula is C20H30IN5O. The first-order valence-corrected chi connectivity index (χ1v) is 9.43. The molecule has 1 fully saturated rings. The molecule has 0 saturated carbocycles. The molecule has 148 valence electrons. The number of halogens is 1. The fourth-order valence-electron chi connectivity index (χ4n) is 3.39. The first-order chi connectivity index (χ1) is 12.7. The van der Waals surface area contributed by atoms with Crippen LogP contribution in [0.25, 0.3) is 0 Å². The Morgan fingerprint density at radius 3 is 2.85 bits per heavy atom. The van der Waals surface area contributed by atoms with Crippen LogP contribution in [-0.4, -0.2) is 46.9 Å². The monoisotopic (exact) mass is 483 g/mol. The second-order valence-corrected chi connectivity index (χ2v) is 6.59. The van der Waals surface area contributed by atoms with Gasteiger partial charge in [0.15, 0.2) is 5.96 Å². The first kappa shape index (κ1) is 21.5. The SMILES string of the molecule is CCNC(=NCc1ccccc1OCC)N1CCC(c2cnn(C)c2)C1.I. The molecule has 3 rings (SSSR count). The van der Waals surface area contributed by atoms with Gasteiger partial charge in [0.2, 0.25) is 0 Å². The second kappa shape index (κ2) is 10.5. The van der Waals surface area contributed by atoms with Crippen LogP contribution in [0.5, 0.6) is 5.75 Å². The molecule has 7 heteroatoms. The van der Waals surface area contributed by atoms with E-state index in [-0.39, 0.29) is 24.0 Å². The lowest BCUT2D eigenvalue weighted by atomic mass is 10.0. The third kappa shape index (κ3) is 5.60. The number of nitrogens with one attached hydrogen (secondary N) is 1. The van der Waals surface area contributed by atoms with E-state index in [2.05, 4.69) is 34.5 Å². The normalized spacial score (nSPS) is 16.9. The summed E-state index contributed by atoms with van der Waals surface area (Å²) >= 11 is 0. The van der Waals surface area contributed by atoms with E-state index in [0.717, 1.165) is 43.3 Å². The van der Waals surface area contributed by atoms with Gasteiger partial charge in [-0.1, -0.05) is 18.2 Å². The lowest BCUT2D eigenvalue weighted by Crippen LogP contribution is -2.40. The Hall–Kier alpha value is -1.77. The molecule has 0 radical (unpaired) electrons. The highest BCUT2D eigenvalue weighted by Crippen LogP contribution is 2.27. The van der Waals surface area contributed by atoms with Crippen LogP contribution in [-0.2, 0) is 13.6 Å². The summed E-state index contributed by atoms with van der Waals surface area (Å²) in [6, 6.07) is 8.13. The molecule has 27 heavy (non-hydrogen) atoms. The zero-order valence-electron chi connectivity index (χ0n) is 16.4. The van der Waals surface area contributed by atoms with Crippen molar-refractivity contribution in [3.8, 4) is 5.75 Å². The Balaban J connectivity index is 0.00000261. The summed E-state index contributed by atoms with van der Waals surface area (Å²) in [5.74, 6) is 2.41. The molecule has 0 spiro atoms. The van der Waals surface area contributed by atoms with Crippen LogP contribution in [0.2, 0.25) is 0 Å². The van der Waals surface area contributed by atoms with E-state index < -0.39 is 0 Å². The minimum absolute atomic E-state index is 0. The van der Waals surface area contributed by atoms with Crippen molar-refractivity contribution >= 4 is 29.9 Å². The summed E-state index contributed by atoms with van der Waals surface area (Å²) < 4.78 is 7.60. The van der Waals surface area contributed by atoms with Crippen LogP contribution < -0.4 is 10.1 Å². The van der Waals surface area contributed by atoms with E-state index in [4.69, 9.17) is 9.73 Å². The van der Waals surface area contributed by atoms with E-state index in [1.165, 1.54) is 5.56 Å². The van der Waals surface area contributed by atoms with Crippen LogP contribution in [0.4, 0.5) is 0 Å². The fraction of sp³-hybridized carbons (Fsp3) is 0.500. The van der Waals surface area contributed by atoms with E-state index >= 15 is 0 Å². The third-order valence-corrected chi connectivity index (χ3v) is 4.69. The average molecular weight is 483 g/mol. The molecule has 0 aliphatic carbocycles. The minimum Gasteiger partial charge on any atom is -0.494 e. The number of nitrogens with zero attached hydrogens (tertiary/aromatic N) is 4. The standard InChI is InChI=1S/C20H29N5O.HI/c1-4-21-20(22-12-16-8-6-7-9-19(16)26-5-2)25-11-10-17(15-25)18-13-23-24(3)14-18;/h6-9,13-14,17H,4-5,10-12,15H2,1-3H3,(H,21,22);1H. The summed E-state index contributed by atoms with van der Waals surface area (Å²) in [7, 11) is 1.97. The molecular weight excluding hydrogens is 453 g/mol. The predicted octanol–water partition coefficient (Wildman–Crippen LogP) is 3.39. The highest BCUT2D eigenvalue weighted by atomic mass is 127. The topological polar surface area (TPSA) is 54.7 Å². The molecule has 1 aromatic heterocycles. The number of hydrogen-bond acceptors (Lipinski definition) is 3. The van der Waals surface area contributed by atoms with Gasteiger partial charge in [-0.2, -0.15) is 5.10 Å². The van der Waals surface area contributed by atoms with Gasteiger partial charge in [-0.15, -0.1) is 24.0 Å². The van der Waals surface area contributed by atoms with Crippen molar-refractivity contribution in [3.05, 3.63) is 47.8 Å². The van der Waals surface area contributed by atoms with Crippen molar-refractivity contribution in [2.24, 2.45) is 12.0 Å². The number of ether oxygens (including phenoxy) is 1. The van der Waals surface area contributed by atoms with E-state index in [0.29, 0.717) is 19.1 Å². The van der Waals surface area contributed by atoms with Gasteiger partial charge in [0.25, 0.3) is 0 Å². The molecule has 1 aliphatic heterocycles. The number of para-hydroxylation sites is 1. The molecule has 0 amide bonds. The van der Waals surface area contributed by atoms with Crippen molar-refractivity contribution < 1.29 is 4.74 Å². The van der Waals surface area contributed by atoms with Gasteiger partial charge in [-0.25, -0.2) is 4.99 Å². The Labute approximate surface area is 179 Å². The highest BCUT2D eigenvalue weighted by molar-refractivity contribution is 14.0. The Morgan fingerprint density at radius 2 is 2.15 bits per heavy atom. The van der Waals surface area contributed by atoms with E-state index in [1.807, 2.05) is 43.0 Å². The molecule has 1 atom stereocenters. The van der Waals surface area contributed by atoms with Gasteiger partial charge in [0.1, 0.15) is 5.75 Å². The largest absolute Gasteiger partial charge is 0.494 e. The van der Waals surface area contributed by atoms with Crippen LogP contribution in [0.1, 0.15) is 37.3 Å². The molecule has 1 saturated heterocycles. The van der Waals surface area contributed by atoms with Gasteiger partial charge in [0.05, 0.1) is 19.3 Å². The van der Waals surface area contributed by atoms with Gasteiger partial charge < -0.3 is 15.0 Å². The molecule has 2 heterocycles. The molecule has 1 N–H and O–H groups in total. The van der Waals surface area contributed by atoms with Crippen molar-refractivity contribution in [1.82, 2.24) is 20.0 Å². The van der Waals surface area contributed by atoms with Gasteiger partial charge in [-0.05, 0) is 31.9 Å². The summed E-state index contributed by atoms with van der Waals surface area (Å²) in [5, 5.41) is 7.75. The Morgan fingerprint density at radius 1 is 1.33 bits per heavy atom. The maximum Gasteiger partial charge on any atom is 0.194 e. The number of likely N-dealkylation sites (tertiary alicyclic amines) is 1. The van der Waals surface area contributed by atoms with Gasteiger partial charge in [0, 0.05) is 44.4 Å². The summed E-state index contributed by atoms with van der Waals surface area (Å²) in [6.07, 6.45) is 5.23. The number of aromatic nitrogens is 2. The van der Waals surface area contributed by atoms with Crippen molar-refractivity contribution in [2.75, 3.05) is 26.2 Å². The Bertz CT molecular complexity index is 745. The van der Waals surface area contributed by atoms with Gasteiger partial charge in [-0.3, -0.25) is 4.68 Å². The van der Waals surface area contributed by atoms with E-state index in [1.54, 1.807) is 0 Å². The first-order valence-electron chi connectivity index (χ1n) is 9.43. The Kier molecular flexibility index (Phi) is 8.40. The number of aliphatic imine (C=N–C) groups is 1. The number of aryl methyl sites for hydroxylation is 1. The summed E-state index contributed by atoms with van der Waals surface area (Å²) in [5.41, 5.74) is 2.43. The number of hydrogen-bond donors (Lipinski definition) is 1. The third-order valence-electron chi connectivity index (χ3n) is 4.69. The van der Waals surface area contributed by atoms with Crippen molar-refractivity contribution in [1.29, 1.82) is 0 Å². The minimum atomic E-state index is 0. The highest BCUT2D eigenvalue weighted by Gasteiger charge is 2.26. The molecule has 1 aromatic carbocycles. The molecule has 1 aliphatic rings. The maximum atomic E-state index is 5.72. The predicted molar refractivity (Wildman–Crippen MR) is 120 cm³/mol. The van der Waals surface area contributed by atoms with Crippen molar-refractivity contribution in [3.63, 3.8) is 0 Å². The second-order valence-electron chi connectivity index (χ2n) is 6.59. The number of benzene rings is 1. The summed E-state index contributed by atoms with van der Waals surface area (Å²) in [6.45, 7) is 8.25. The molecule has 0 bridgehead atoms. The average Bonchev–Trinajstić information content (AvgIpc) is 3.29. The summed E-state index contributed by atoms with van der Waals surface area (Å²) in [4.78, 5) is 7.22. The zero-order valence-corrected chi connectivity index (χ0v) is 18.7. The number of guanidine groups is 1. The molecule has 2 aromatic rings. The van der Waals surface area contributed by atoms with Crippen LogP contribution >= 0.6 is 24.0 Å². The van der Waals surface area contributed by atoms with Crippen molar-refractivity contribution in [2.45, 2.75) is 32.7 Å².